The van der Waals surface area contributed by atoms with Gasteiger partial charge in [0.2, 0.25) is 0 Å². The van der Waals surface area contributed by atoms with Gasteiger partial charge in [-0.25, -0.2) is 20.2 Å². The molecule has 0 amide bonds. The van der Waals surface area contributed by atoms with Gasteiger partial charge in [-0.2, -0.15) is 10.5 Å². The molecule has 0 spiro atoms. The second kappa shape index (κ2) is 8.58. The molecule has 0 aliphatic heterocycles. The number of alkyl halides is 6. The van der Waals surface area contributed by atoms with E-state index < -0.39 is 80.2 Å². The fourth-order valence-electron chi connectivity index (χ4n) is 3.57. The lowest BCUT2D eigenvalue weighted by atomic mass is 9.93. The van der Waals surface area contributed by atoms with Gasteiger partial charge in [-0.15, -0.1) is 26.3 Å². The summed E-state index contributed by atoms with van der Waals surface area (Å²) in [6.45, 7) is 14.3. The Labute approximate surface area is 196 Å². The third kappa shape index (κ3) is 4.03. The summed E-state index contributed by atoms with van der Waals surface area (Å²) >= 11 is 0. The number of allylic oxidation sites excluding steroid dienone is 6. The number of halogens is 6. The van der Waals surface area contributed by atoms with Gasteiger partial charge in [0.05, 0.1) is 25.3 Å². The lowest BCUT2D eigenvalue weighted by Gasteiger charge is -2.13. The van der Waals surface area contributed by atoms with Crippen molar-refractivity contribution in [2.45, 2.75) is 12.7 Å². The molecule has 174 valence electrons. The topological polar surface area (TPSA) is 122 Å². The van der Waals surface area contributed by atoms with Crippen LogP contribution in [-0.2, 0) is 9.47 Å². The maximum absolute atomic E-state index is 13.1. The summed E-state index contributed by atoms with van der Waals surface area (Å²) in [5, 5.41) is 37.7. The largest absolute Gasteiger partial charge is 0.573 e. The third-order valence-corrected chi connectivity index (χ3v) is 4.71. The minimum atomic E-state index is -5.37. The molecule has 14 heteroatoms. The maximum Gasteiger partial charge on any atom is 0.573 e. The lowest BCUT2D eigenvalue weighted by Crippen LogP contribution is -2.13. The van der Waals surface area contributed by atoms with Crippen LogP contribution < -0.4 is 0 Å². The van der Waals surface area contributed by atoms with E-state index in [-0.39, 0.29) is 0 Å². The Morgan fingerprint density at radius 1 is 0.667 bits per heavy atom. The number of hydrogen-bond donors (Lipinski definition) is 0. The highest BCUT2D eigenvalue weighted by Crippen LogP contribution is 2.52. The number of fused-ring (bicyclic) bond motifs is 2. The Balaban J connectivity index is 2.52. The van der Waals surface area contributed by atoms with Gasteiger partial charge in [-0.05, 0) is 23.3 Å². The number of nitriles is 4. The Hall–Kier alpha value is -5.70. The summed E-state index contributed by atoms with van der Waals surface area (Å²) in [6, 6.07) is 7.33. The Kier molecular flexibility index (Phi) is 5.94. The van der Waals surface area contributed by atoms with Crippen molar-refractivity contribution in [3.05, 3.63) is 80.1 Å². The number of nitrogens with zero attached hydrogens (tertiary/aromatic N) is 6. The van der Waals surface area contributed by atoms with Crippen molar-refractivity contribution in [3.8, 4) is 24.3 Å². The normalized spacial score (nSPS) is 16.9. The summed E-state index contributed by atoms with van der Waals surface area (Å²) in [4.78, 5) is 5.67. The van der Waals surface area contributed by atoms with Crippen LogP contribution in [0.2, 0.25) is 0 Å². The molecule has 0 N–H and O–H groups in total. The highest BCUT2D eigenvalue weighted by molar-refractivity contribution is 6.10. The third-order valence-electron chi connectivity index (χ3n) is 4.71. The van der Waals surface area contributed by atoms with Crippen molar-refractivity contribution in [2.75, 3.05) is 0 Å². The zero-order chi connectivity index (χ0) is 27.0. The van der Waals surface area contributed by atoms with Crippen molar-refractivity contribution in [2.24, 2.45) is 0 Å². The zero-order valence-electron chi connectivity index (χ0n) is 16.9. The lowest BCUT2D eigenvalue weighted by molar-refractivity contribution is -0.303. The molecule has 1 aromatic rings. The van der Waals surface area contributed by atoms with Gasteiger partial charge in [-0.1, -0.05) is 0 Å². The minimum absolute atomic E-state index is 0.404. The average molecular weight is 496 g/mol. The quantitative estimate of drug-likeness (QED) is 0.300. The molecule has 36 heavy (non-hydrogen) atoms. The van der Waals surface area contributed by atoms with Crippen molar-refractivity contribution in [1.29, 1.82) is 21.0 Å². The van der Waals surface area contributed by atoms with E-state index in [2.05, 4.69) is 19.2 Å². The predicted molar refractivity (Wildman–Crippen MR) is 104 cm³/mol. The van der Waals surface area contributed by atoms with E-state index in [9.17, 15) is 47.4 Å². The molecule has 0 atom stereocenters. The molecule has 0 fully saturated rings. The molecule has 0 saturated carbocycles. The Morgan fingerprint density at radius 3 is 1.22 bits per heavy atom. The average Bonchev–Trinajstić information content (AvgIpc) is 3.23. The minimum Gasteiger partial charge on any atom is -0.405 e. The number of benzene rings is 1. The summed E-state index contributed by atoms with van der Waals surface area (Å²) in [5.41, 5.74) is -6.74. The van der Waals surface area contributed by atoms with Crippen LogP contribution in [0, 0.1) is 58.5 Å². The van der Waals surface area contributed by atoms with E-state index in [0.717, 1.165) is 12.1 Å². The molecular formula is C22H2F6N6O2. The van der Waals surface area contributed by atoms with Crippen molar-refractivity contribution < 1.29 is 35.8 Å². The van der Waals surface area contributed by atoms with Gasteiger partial charge < -0.3 is 9.47 Å². The highest BCUT2D eigenvalue weighted by atomic mass is 19.4. The van der Waals surface area contributed by atoms with E-state index in [1.807, 2.05) is 0 Å². The standard InChI is InChI=1S/C22H2F6N6O2/c1-33-15(7-31)17-11-3-10-12(4-9(11)13(5-29)19(17)35-21(23,24)25)18(16(8-32)34-2)20(14(10)6-30)36-22(26,27)28/h3-4H/b17-15-,18-16+. The van der Waals surface area contributed by atoms with E-state index in [4.69, 9.17) is 13.1 Å². The summed E-state index contributed by atoms with van der Waals surface area (Å²) in [7, 11) is 0. The molecule has 0 heterocycles. The molecule has 0 bridgehead atoms. The molecular weight excluding hydrogens is 494 g/mol. The van der Waals surface area contributed by atoms with Crippen molar-refractivity contribution in [1.82, 2.24) is 0 Å². The van der Waals surface area contributed by atoms with Gasteiger partial charge in [0.15, 0.2) is 0 Å². The molecule has 2 aliphatic rings. The molecule has 0 unspecified atom stereocenters. The fraction of sp³-hybridized carbons (Fsp3) is 0.0909. The van der Waals surface area contributed by atoms with E-state index in [1.165, 1.54) is 24.3 Å². The first kappa shape index (κ1) is 24.9. The molecule has 0 saturated heterocycles. The summed E-state index contributed by atoms with van der Waals surface area (Å²) < 4.78 is 86.5. The van der Waals surface area contributed by atoms with Crippen LogP contribution in [0.25, 0.3) is 32.0 Å². The number of ether oxygens (including phenoxy) is 2. The SMILES string of the molecule is [C-]#[N+]/C(C#N)=C1\C(OC(F)(F)F)=C(C#N)c2cc3c(cc21)C(C#N)=C(OC(F)(F)F)/C3=C(\C#N)[N+]#[C-]. The fourth-order valence-corrected chi connectivity index (χ4v) is 3.57. The van der Waals surface area contributed by atoms with Crippen molar-refractivity contribution in [3.63, 3.8) is 0 Å². The number of hydrogen-bond acceptors (Lipinski definition) is 6. The van der Waals surface area contributed by atoms with Gasteiger partial charge in [0, 0.05) is 22.3 Å². The second-order valence-corrected chi connectivity index (χ2v) is 6.57. The van der Waals surface area contributed by atoms with E-state index in [0.29, 0.717) is 0 Å². The van der Waals surface area contributed by atoms with Crippen LogP contribution in [-0.4, -0.2) is 12.7 Å². The molecule has 1 aromatic carbocycles. The molecule has 3 rings (SSSR count). The molecule has 0 aromatic heterocycles. The van der Waals surface area contributed by atoms with Crippen LogP contribution in [0.5, 0.6) is 0 Å². The maximum atomic E-state index is 13.1. The van der Waals surface area contributed by atoms with Gasteiger partial charge >= 0.3 is 12.7 Å². The molecule has 8 nitrogen and oxygen atoms in total. The molecule has 0 radical (unpaired) electrons. The van der Waals surface area contributed by atoms with E-state index in [1.54, 1.807) is 0 Å². The number of rotatable bonds is 2. The second-order valence-electron chi connectivity index (χ2n) is 6.57. The first-order valence-corrected chi connectivity index (χ1v) is 8.89. The first-order chi connectivity index (χ1) is 16.8. The van der Waals surface area contributed by atoms with Crippen LogP contribution in [0.1, 0.15) is 22.3 Å². The monoisotopic (exact) mass is 496 g/mol. The van der Waals surface area contributed by atoms with Crippen LogP contribution in [0.3, 0.4) is 0 Å². The predicted octanol–water partition coefficient (Wildman–Crippen LogP) is 5.56. The smallest absolute Gasteiger partial charge is 0.405 e. The van der Waals surface area contributed by atoms with Gasteiger partial charge in [0.25, 0.3) is 11.4 Å². The van der Waals surface area contributed by atoms with Crippen molar-refractivity contribution >= 4 is 22.3 Å². The van der Waals surface area contributed by atoms with E-state index >= 15 is 0 Å². The Morgan fingerprint density at radius 2 is 1.00 bits per heavy atom. The van der Waals surface area contributed by atoms with Crippen LogP contribution in [0.4, 0.5) is 26.3 Å². The summed E-state index contributed by atoms with van der Waals surface area (Å²) in [5.74, 6) is -2.41. The van der Waals surface area contributed by atoms with Crippen LogP contribution in [0.15, 0.2) is 35.0 Å². The highest BCUT2D eigenvalue weighted by Gasteiger charge is 2.44. The molecule has 2 aliphatic carbocycles. The first-order valence-electron chi connectivity index (χ1n) is 8.89. The van der Waals surface area contributed by atoms with Crippen LogP contribution >= 0.6 is 0 Å². The Bertz CT molecular complexity index is 1460. The van der Waals surface area contributed by atoms with Gasteiger partial charge in [0.1, 0.15) is 34.8 Å². The summed E-state index contributed by atoms with van der Waals surface area (Å²) in [6.07, 6.45) is -10.7. The zero-order valence-corrected chi connectivity index (χ0v) is 16.9. The van der Waals surface area contributed by atoms with Gasteiger partial charge in [-0.3, -0.25) is 0 Å².